The number of ether oxygens (including phenoxy) is 1. The van der Waals surface area contributed by atoms with Gasteiger partial charge in [0, 0.05) is 24.7 Å². The number of aromatic nitrogens is 2. The maximum atomic E-state index is 13.1. The summed E-state index contributed by atoms with van der Waals surface area (Å²) in [6.07, 6.45) is 2.76. The second kappa shape index (κ2) is 8.24. The summed E-state index contributed by atoms with van der Waals surface area (Å²) in [7, 11) is -2.37. The number of benzene rings is 1. The van der Waals surface area contributed by atoms with Gasteiger partial charge < -0.3 is 4.74 Å². The van der Waals surface area contributed by atoms with Gasteiger partial charge >= 0.3 is 5.97 Å². The first-order valence-electron chi connectivity index (χ1n) is 9.09. The van der Waals surface area contributed by atoms with E-state index in [9.17, 15) is 18.0 Å². The molecule has 1 aliphatic heterocycles. The molecule has 0 radical (unpaired) electrons. The minimum absolute atomic E-state index is 0.236. The molecule has 0 N–H and O–H groups in total. The summed E-state index contributed by atoms with van der Waals surface area (Å²) in [5, 5.41) is 4.19. The van der Waals surface area contributed by atoms with Gasteiger partial charge in [-0.05, 0) is 37.5 Å². The zero-order chi connectivity index (χ0) is 20.3. The maximum Gasteiger partial charge on any atom is 0.327 e. The Balaban J connectivity index is 2.01. The van der Waals surface area contributed by atoms with E-state index in [1.165, 1.54) is 23.5 Å². The fourth-order valence-corrected chi connectivity index (χ4v) is 4.95. The Hall–Kier alpha value is -2.52. The van der Waals surface area contributed by atoms with Crippen molar-refractivity contribution < 1.29 is 17.9 Å². The third-order valence-electron chi connectivity index (χ3n) is 4.79. The number of aryl methyl sites for hydroxylation is 1. The van der Waals surface area contributed by atoms with E-state index < -0.39 is 21.6 Å². The fourth-order valence-electron chi connectivity index (χ4n) is 3.18. The lowest BCUT2D eigenvalue weighted by molar-refractivity contribution is -0.141. The van der Waals surface area contributed by atoms with E-state index in [2.05, 4.69) is 9.84 Å². The average molecular weight is 405 g/mol. The molecule has 8 nitrogen and oxygen atoms in total. The zero-order valence-electron chi connectivity index (χ0n) is 15.9. The molecule has 0 amide bonds. The standard InChI is InChI=1S/C19H23N3O5S/c1-14-6-7-15(12-17(14)28(25,26)21-10-4-3-5-11-21)16-8-9-18(23)22(20-16)13-19(24)27-2/h6-9,12H,3-5,10-11,13H2,1-2H3. The van der Waals surface area contributed by atoms with Gasteiger partial charge in [0.25, 0.3) is 5.56 Å². The van der Waals surface area contributed by atoms with Crippen molar-refractivity contribution in [3.05, 3.63) is 46.2 Å². The van der Waals surface area contributed by atoms with Crippen LogP contribution < -0.4 is 5.56 Å². The Labute approximate surface area is 163 Å². The van der Waals surface area contributed by atoms with Crippen LogP contribution in [0, 0.1) is 6.92 Å². The molecule has 2 aromatic rings. The van der Waals surface area contributed by atoms with Crippen LogP contribution in [0.15, 0.2) is 40.0 Å². The van der Waals surface area contributed by atoms with Gasteiger partial charge in [-0.2, -0.15) is 9.40 Å². The Morgan fingerprint density at radius 2 is 1.86 bits per heavy atom. The number of esters is 1. The summed E-state index contributed by atoms with van der Waals surface area (Å²) in [5.41, 5.74) is 1.16. The molecule has 28 heavy (non-hydrogen) atoms. The van der Waals surface area contributed by atoms with E-state index in [0.29, 0.717) is 29.9 Å². The number of carbonyl (C=O) groups is 1. The molecule has 9 heteroatoms. The highest BCUT2D eigenvalue weighted by molar-refractivity contribution is 7.89. The van der Waals surface area contributed by atoms with Crippen LogP contribution in [0.3, 0.4) is 0 Å². The predicted octanol–water partition coefficient (Wildman–Crippen LogP) is 1.57. The van der Waals surface area contributed by atoms with Crippen LogP contribution in [-0.2, 0) is 26.1 Å². The molecular weight excluding hydrogens is 382 g/mol. The summed E-state index contributed by atoms with van der Waals surface area (Å²) in [4.78, 5) is 23.6. The molecule has 2 heterocycles. The number of sulfonamides is 1. The molecule has 0 bridgehead atoms. The quantitative estimate of drug-likeness (QED) is 0.700. The lowest BCUT2D eigenvalue weighted by Crippen LogP contribution is -2.36. The van der Waals surface area contributed by atoms with E-state index in [0.717, 1.165) is 23.9 Å². The molecular formula is C19H23N3O5S. The highest BCUT2D eigenvalue weighted by Crippen LogP contribution is 2.27. The highest BCUT2D eigenvalue weighted by Gasteiger charge is 2.27. The van der Waals surface area contributed by atoms with E-state index in [1.807, 2.05) is 0 Å². The van der Waals surface area contributed by atoms with Crippen LogP contribution >= 0.6 is 0 Å². The van der Waals surface area contributed by atoms with E-state index in [1.54, 1.807) is 25.1 Å². The van der Waals surface area contributed by atoms with E-state index in [4.69, 9.17) is 0 Å². The number of carbonyl (C=O) groups excluding carboxylic acids is 1. The second-order valence-corrected chi connectivity index (χ2v) is 8.64. The second-order valence-electron chi connectivity index (χ2n) is 6.74. The Bertz CT molecular complexity index is 1040. The molecule has 3 rings (SSSR count). The molecule has 1 saturated heterocycles. The topological polar surface area (TPSA) is 98.6 Å². The smallest absolute Gasteiger partial charge is 0.327 e. The third-order valence-corrected chi connectivity index (χ3v) is 6.83. The summed E-state index contributed by atoms with van der Waals surface area (Å²) in [5.74, 6) is -0.593. The summed E-state index contributed by atoms with van der Waals surface area (Å²) < 4.78 is 33.3. The number of piperidine rings is 1. The minimum atomic E-state index is -3.60. The fraction of sp³-hybridized carbons (Fsp3) is 0.421. The summed E-state index contributed by atoms with van der Waals surface area (Å²) in [6, 6.07) is 7.86. The Morgan fingerprint density at radius 1 is 1.14 bits per heavy atom. The van der Waals surface area contributed by atoms with Gasteiger partial charge in [-0.1, -0.05) is 18.6 Å². The highest BCUT2D eigenvalue weighted by atomic mass is 32.2. The van der Waals surface area contributed by atoms with Crippen LogP contribution in [0.1, 0.15) is 24.8 Å². The molecule has 0 aliphatic carbocycles. The molecule has 0 atom stereocenters. The summed E-state index contributed by atoms with van der Waals surface area (Å²) in [6.45, 7) is 2.49. The predicted molar refractivity (Wildman–Crippen MR) is 103 cm³/mol. The Kier molecular flexibility index (Phi) is 5.95. The van der Waals surface area contributed by atoms with Crippen LogP contribution in [0.2, 0.25) is 0 Å². The molecule has 1 fully saturated rings. The Morgan fingerprint density at radius 3 is 2.54 bits per heavy atom. The minimum Gasteiger partial charge on any atom is -0.468 e. The van der Waals surface area contributed by atoms with Gasteiger partial charge in [-0.15, -0.1) is 0 Å². The van der Waals surface area contributed by atoms with Gasteiger partial charge in [0.15, 0.2) is 0 Å². The van der Waals surface area contributed by atoms with Crippen LogP contribution in [0.4, 0.5) is 0 Å². The number of rotatable bonds is 5. The number of hydrogen-bond acceptors (Lipinski definition) is 6. The van der Waals surface area contributed by atoms with Crippen LogP contribution in [-0.4, -0.2) is 48.7 Å². The van der Waals surface area contributed by atoms with Crippen molar-refractivity contribution in [2.75, 3.05) is 20.2 Å². The molecule has 0 saturated carbocycles. The van der Waals surface area contributed by atoms with Crippen molar-refractivity contribution in [2.45, 2.75) is 37.6 Å². The third kappa shape index (κ3) is 4.15. The maximum absolute atomic E-state index is 13.1. The zero-order valence-corrected chi connectivity index (χ0v) is 16.7. The lowest BCUT2D eigenvalue weighted by Gasteiger charge is -2.26. The van der Waals surface area contributed by atoms with Gasteiger partial charge in [-0.3, -0.25) is 9.59 Å². The van der Waals surface area contributed by atoms with Gasteiger partial charge in [0.05, 0.1) is 17.7 Å². The first-order valence-corrected chi connectivity index (χ1v) is 10.5. The first kappa shape index (κ1) is 20.2. The van der Waals surface area contributed by atoms with Crippen molar-refractivity contribution in [3.63, 3.8) is 0 Å². The van der Waals surface area contributed by atoms with Gasteiger partial charge in [0.2, 0.25) is 10.0 Å². The van der Waals surface area contributed by atoms with Crippen LogP contribution in [0.5, 0.6) is 0 Å². The number of methoxy groups -OCH3 is 1. The van der Waals surface area contributed by atoms with Crippen molar-refractivity contribution in [1.82, 2.24) is 14.1 Å². The monoisotopic (exact) mass is 405 g/mol. The molecule has 0 spiro atoms. The summed E-state index contributed by atoms with van der Waals surface area (Å²) >= 11 is 0. The first-order chi connectivity index (χ1) is 13.3. The normalized spacial score (nSPS) is 15.4. The van der Waals surface area contributed by atoms with Crippen molar-refractivity contribution in [3.8, 4) is 11.3 Å². The molecule has 1 aliphatic rings. The molecule has 0 unspecified atom stereocenters. The lowest BCUT2D eigenvalue weighted by atomic mass is 10.1. The largest absolute Gasteiger partial charge is 0.468 e. The number of nitrogens with zero attached hydrogens (tertiary/aromatic N) is 3. The van der Waals surface area contributed by atoms with E-state index in [-0.39, 0.29) is 11.4 Å². The van der Waals surface area contributed by atoms with E-state index >= 15 is 0 Å². The van der Waals surface area contributed by atoms with Gasteiger partial charge in [0.1, 0.15) is 6.54 Å². The number of hydrogen-bond donors (Lipinski definition) is 0. The molecule has 1 aromatic heterocycles. The van der Waals surface area contributed by atoms with Crippen molar-refractivity contribution >= 4 is 16.0 Å². The average Bonchev–Trinajstić information content (AvgIpc) is 2.70. The SMILES string of the molecule is COC(=O)Cn1nc(-c2ccc(C)c(S(=O)(=O)N3CCCCC3)c2)ccc1=O. The molecule has 150 valence electrons. The van der Waals surface area contributed by atoms with Crippen molar-refractivity contribution in [1.29, 1.82) is 0 Å². The van der Waals surface area contributed by atoms with Crippen molar-refractivity contribution in [2.24, 2.45) is 0 Å². The van der Waals surface area contributed by atoms with Crippen LogP contribution in [0.25, 0.3) is 11.3 Å². The molecule has 1 aromatic carbocycles. The van der Waals surface area contributed by atoms with Gasteiger partial charge in [-0.25, -0.2) is 13.1 Å².